The molecule has 0 radical (unpaired) electrons. The number of ether oxygens (including phenoxy) is 2. The molecule has 0 amide bonds. The quantitative estimate of drug-likeness (QED) is 0.230. The standard InChI is InChI=1S/C26H25ClF7NO3/c1-3-17-12-20(9-10-21(17)27)37-19-8-4-7-18(13-19)24(38-25(30,31)22(28)29)11-5-6-16(14-24)15-35-23(2,36)26(32,33)34/h4-13,22,35-36H,3,14-15H2,1-2H3. The SMILES string of the molecule is CCc1cc(Oc2cccc(C3(OC(F)(F)C(F)F)C=CC=C(CNC(C)(O)C(F)(F)F)C3)c2)ccc1Cl. The van der Waals surface area contributed by atoms with Crippen LogP contribution in [0.2, 0.25) is 5.02 Å². The van der Waals surface area contributed by atoms with E-state index in [1.165, 1.54) is 36.4 Å². The van der Waals surface area contributed by atoms with Gasteiger partial charge in [-0.2, -0.15) is 22.0 Å². The number of halogens is 8. The molecule has 0 aromatic heterocycles. The summed E-state index contributed by atoms with van der Waals surface area (Å²) < 4.78 is 104. The van der Waals surface area contributed by atoms with Gasteiger partial charge in [0, 0.05) is 18.0 Å². The number of aliphatic hydroxyl groups is 1. The summed E-state index contributed by atoms with van der Waals surface area (Å²) in [6, 6.07) is 10.5. The van der Waals surface area contributed by atoms with Crippen molar-refractivity contribution >= 4 is 11.6 Å². The van der Waals surface area contributed by atoms with E-state index in [1.807, 2.05) is 12.2 Å². The summed E-state index contributed by atoms with van der Waals surface area (Å²) in [6.45, 7) is 1.78. The summed E-state index contributed by atoms with van der Waals surface area (Å²) in [5.41, 5.74) is -4.61. The second kappa shape index (κ2) is 11.3. The molecule has 2 aromatic rings. The van der Waals surface area contributed by atoms with E-state index in [2.05, 4.69) is 0 Å². The van der Waals surface area contributed by atoms with E-state index in [9.17, 15) is 35.8 Å². The van der Waals surface area contributed by atoms with Gasteiger partial charge in [0.1, 0.15) is 17.1 Å². The average Bonchev–Trinajstić information content (AvgIpc) is 2.83. The maximum atomic E-state index is 14.2. The summed E-state index contributed by atoms with van der Waals surface area (Å²) >= 11 is 6.12. The lowest BCUT2D eigenvalue weighted by Crippen LogP contribution is -2.55. The molecule has 1 aliphatic rings. The lowest BCUT2D eigenvalue weighted by atomic mass is 9.83. The molecule has 4 nitrogen and oxygen atoms in total. The van der Waals surface area contributed by atoms with Crippen molar-refractivity contribution in [2.45, 2.75) is 56.7 Å². The van der Waals surface area contributed by atoms with E-state index >= 15 is 0 Å². The number of rotatable bonds is 10. The maximum absolute atomic E-state index is 14.2. The van der Waals surface area contributed by atoms with Crippen LogP contribution < -0.4 is 10.1 Å². The highest BCUT2D eigenvalue weighted by molar-refractivity contribution is 6.31. The fraction of sp³-hybridized carbons (Fsp3) is 0.385. The maximum Gasteiger partial charge on any atom is 0.430 e. The van der Waals surface area contributed by atoms with E-state index < -0.39 is 43.0 Å². The zero-order valence-corrected chi connectivity index (χ0v) is 21.0. The van der Waals surface area contributed by atoms with Crippen molar-refractivity contribution in [3.05, 3.63) is 82.4 Å². The normalized spacial score (nSPS) is 19.8. The minimum atomic E-state index is -5.03. The molecule has 0 heterocycles. The highest BCUT2D eigenvalue weighted by Gasteiger charge is 2.52. The minimum absolute atomic E-state index is 0.00978. The van der Waals surface area contributed by atoms with Gasteiger partial charge in [-0.3, -0.25) is 10.1 Å². The van der Waals surface area contributed by atoms with Gasteiger partial charge in [-0.15, -0.1) is 0 Å². The van der Waals surface area contributed by atoms with Crippen LogP contribution in [-0.2, 0) is 16.8 Å². The number of hydrogen-bond donors (Lipinski definition) is 2. The van der Waals surface area contributed by atoms with Gasteiger partial charge in [-0.1, -0.05) is 48.4 Å². The van der Waals surface area contributed by atoms with Gasteiger partial charge in [0.25, 0.3) is 0 Å². The van der Waals surface area contributed by atoms with E-state index in [1.54, 1.807) is 18.2 Å². The number of hydrogen-bond acceptors (Lipinski definition) is 4. The molecule has 3 rings (SSSR count). The molecule has 2 unspecified atom stereocenters. The molecule has 2 N–H and O–H groups in total. The molecule has 0 aliphatic heterocycles. The lowest BCUT2D eigenvalue weighted by Gasteiger charge is -2.38. The second-order valence-electron chi connectivity index (χ2n) is 8.88. The Morgan fingerprint density at radius 1 is 1.08 bits per heavy atom. The summed E-state index contributed by atoms with van der Waals surface area (Å²) in [5.74, 6) is 0.549. The van der Waals surface area contributed by atoms with Crippen LogP contribution in [-0.4, -0.2) is 36.1 Å². The van der Waals surface area contributed by atoms with Crippen molar-refractivity contribution < 1.29 is 45.3 Å². The van der Waals surface area contributed by atoms with Gasteiger partial charge in [-0.05, 0) is 60.9 Å². The van der Waals surface area contributed by atoms with Crippen molar-refractivity contribution in [2.24, 2.45) is 0 Å². The fourth-order valence-corrected chi connectivity index (χ4v) is 4.01. The highest BCUT2D eigenvalue weighted by Crippen LogP contribution is 2.44. The van der Waals surface area contributed by atoms with Gasteiger partial charge < -0.3 is 9.84 Å². The predicted molar refractivity (Wildman–Crippen MR) is 128 cm³/mol. The van der Waals surface area contributed by atoms with Crippen molar-refractivity contribution in [3.8, 4) is 11.5 Å². The molecule has 2 atom stereocenters. The third-order valence-electron chi connectivity index (χ3n) is 5.93. The van der Waals surface area contributed by atoms with Gasteiger partial charge in [0.15, 0.2) is 0 Å². The molecular formula is C26H25ClF7NO3. The Balaban J connectivity index is 1.94. The Hall–Kier alpha value is -2.60. The zero-order valence-electron chi connectivity index (χ0n) is 20.3. The van der Waals surface area contributed by atoms with E-state index in [-0.39, 0.29) is 16.9 Å². The second-order valence-corrected chi connectivity index (χ2v) is 9.28. The van der Waals surface area contributed by atoms with Crippen molar-refractivity contribution in [1.82, 2.24) is 5.32 Å². The van der Waals surface area contributed by atoms with Gasteiger partial charge >= 0.3 is 18.7 Å². The molecule has 0 saturated heterocycles. The lowest BCUT2D eigenvalue weighted by molar-refractivity contribution is -0.337. The molecule has 0 bridgehead atoms. The topological polar surface area (TPSA) is 50.7 Å². The Labute approximate surface area is 219 Å². The molecular weight excluding hydrogens is 543 g/mol. The van der Waals surface area contributed by atoms with Crippen LogP contribution in [0.25, 0.3) is 0 Å². The monoisotopic (exact) mass is 567 g/mol. The van der Waals surface area contributed by atoms with Crippen LogP contribution in [0.3, 0.4) is 0 Å². The number of benzene rings is 2. The number of alkyl halides is 7. The smallest absolute Gasteiger partial charge is 0.430 e. The number of allylic oxidation sites excluding steroid dienone is 2. The van der Waals surface area contributed by atoms with Crippen LogP contribution in [0.4, 0.5) is 30.7 Å². The largest absolute Gasteiger partial charge is 0.457 e. The van der Waals surface area contributed by atoms with Crippen LogP contribution in [0.5, 0.6) is 11.5 Å². The van der Waals surface area contributed by atoms with Crippen LogP contribution in [0.1, 0.15) is 31.4 Å². The summed E-state index contributed by atoms with van der Waals surface area (Å²) in [7, 11) is 0. The molecule has 0 spiro atoms. The number of nitrogens with one attached hydrogen (secondary N) is 1. The van der Waals surface area contributed by atoms with Gasteiger partial charge in [0.05, 0.1) is 0 Å². The van der Waals surface area contributed by atoms with Crippen molar-refractivity contribution in [2.75, 3.05) is 6.54 Å². The van der Waals surface area contributed by atoms with E-state index in [4.69, 9.17) is 21.1 Å². The van der Waals surface area contributed by atoms with Crippen molar-refractivity contribution in [1.29, 1.82) is 0 Å². The Morgan fingerprint density at radius 2 is 1.76 bits per heavy atom. The Morgan fingerprint density at radius 3 is 2.39 bits per heavy atom. The highest BCUT2D eigenvalue weighted by atomic mass is 35.5. The summed E-state index contributed by atoms with van der Waals surface area (Å²) in [6.07, 6.45) is -10.3. The first-order valence-electron chi connectivity index (χ1n) is 11.4. The molecule has 0 saturated carbocycles. The fourth-order valence-electron chi connectivity index (χ4n) is 3.76. The molecule has 12 heteroatoms. The van der Waals surface area contributed by atoms with Gasteiger partial charge in [-0.25, -0.2) is 8.78 Å². The third kappa shape index (κ3) is 6.88. The van der Waals surface area contributed by atoms with Crippen LogP contribution in [0.15, 0.2) is 66.3 Å². The molecule has 208 valence electrons. The first kappa shape index (κ1) is 29.9. The van der Waals surface area contributed by atoms with Crippen LogP contribution >= 0.6 is 11.6 Å². The molecule has 1 aliphatic carbocycles. The first-order chi connectivity index (χ1) is 17.6. The van der Waals surface area contributed by atoms with Crippen LogP contribution in [0, 0.1) is 0 Å². The number of aryl methyl sites for hydroxylation is 1. The van der Waals surface area contributed by atoms with Crippen molar-refractivity contribution in [3.63, 3.8) is 0 Å². The van der Waals surface area contributed by atoms with Gasteiger partial charge in [0.2, 0.25) is 5.72 Å². The minimum Gasteiger partial charge on any atom is -0.457 e. The summed E-state index contributed by atoms with van der Waals surface area (Å²) in [5, 5.41) is 12.1. The Bertz CT molecular complexity index is 1200. The van der Waals surface area contributed by atoms with E-state index in [0.29, 0.717) is 24.1 Å². The predicted octanol–water partition coefficient (Wildman–Crippen LogP) is 7.51. The summed E-state index contributed by atoms with van der Waals surface area (Å²) in [4.78, 5) is 0. The zero-order chi connectivity index (χ0) is 28.4. The molecule has 2 aromatic carbocycles. The first-order valence-corrected chi connectivity index (χ1v) is 11.8. The molecule has 0 fully saturated rings. The van der Waals surface area contributed by atoms with E-state index in [0.717, 1.165) is 11.6 Å². The average molecular weight is 568 g/mol. The Kier molecular flexibility index (Phi) is 8.87. The third-order valence-corrected chi connectivity index (χ3v) is 6.30. The molecule has 38 heavy (non-hydrogen) atoms.